The molecule has 1 saturated carbocycles. The van der Waals surface area contributed by atoms with E-state index >= 15 is 0 Å². The molecule has 28 heavy (non-hydrogen) atoms. The molecule has 0 radical (unpaired) electrons. The van der Waals surface area contributed by atoms with Crippen LogP contribution in [-0.2, 0) is 16.1 Å². The fourth-order valence-electron chi connectivity index (χ4n) is 2.35. The quantitative estimate of drug-likeness (QED) is 0.454. The minimum atomic E-state index is 0.0196. The van der Waals surface area contributed by atoms with Crippen LogP contribution in [0.1, 0.15) is 89.5 Å². The molecule has 1 aromatic heterocycles. The van der Waals surface area contributed by atoms with E-state index in [4.69, 9.17) is 14.6 Å². The molecular weight excluding hydrogens is 368 g/mol. The molecule has 0 saturated heterocycles. The lowest BCUT2D eigenvalue weighted by atomic mass is 9.89. The molecule has 0 unspecified atom stereocenters. The van der Waals surface area contributed by atoms with Crippen LogP contribution in [0.3, 0.4) is 0 Å². The first-order valence-corrected chi connectivity index (χ1v) is 11.1. The average Bonchev–Trinajstić information content (AvgIpc) is 2.99. The third-order valence-electron chi connectivity index (χ3n) is 3.84. The molecule has 1 fully saturated rings. The molecule has 3 nitrogen and oxygen atoms in total. The van der Waals surface area contributed by atoms with E-state index in [2.05, 4.69) is 52.5 Å². The number of aldehydes is 1. The minimum absolute atomic E-state index is 0.0196. The lowest BCUT2D eigenvalue weighted by Gasteiger charge is -2.21. The van der Waals surface area contributed by atoms with E-state index in [-0.39, 0.29) is 11.5 Å². The summed E-state index contributed by atoms with van der Waals surface area (Å²) in [6, 6.07) is 2.14. The van der Waals surface area contributed by atoms with Crippen LogP contribution in [-0.4, -0.2) is 24.6 Å². The monoisotopic (exact) mass is 410 g/mol. The first-order chi connectivity index (χ1) is 13.1. The fraction of sp³-hybridized carbons (Fsp3) is 0.708. The summed E-state index contributed by atoms with van der Waals surface area (Å²) in [5.74, 6) is 7.32. The van der Waals surface area contributed by atoms with Gasteiger partial charge in [-0.1, -0.05) is 32.6 Å². The van der Waals surface area contributed by atoms with Gasteiger partial charge < -0.3 is 14.6 Å². The highest BCUT2D eigenvalue weighted by atomic mass is 32.1. The van der Waals surface area contributed by atoms with Crippen molar-refractivity contribution in [3.63, 3.8) is 0 Å². The number of hydrogen-bond donors (Lipinski definition) is 1. The van der Waals surface area contributed by atoms with Crippen LogP contribution in [0, 0.1) is 30.1 Å². The Bertz CT molecular complexity index is 555. The molecule has 0 atom stereocenters. The van der Waals surface area contributed by atoms with Gasteiger partial charge in [0.2, 0.25) is 0 Å². The van der Waals surface area contributed by atoms with Crippen LogP contribution < -0.4 is 0 Å². The zero-order valence-corrected chi connectivity index (χ0v) is 20.3. The Morgan fingerprint density at radius 2 is 1.75 bits per heavy atom. The van der Waals surface area contributed by atoms with Crippen LogP contribution in [0.5, 0.6) is 0 Å². The Morgan fingerprint density at radius 3 is 2.14 bits per heavy atom. The summed E-state index contributed by atoms with van der Waals surface area (Å²) >= 11 is 1.73. The summed E-state index contributed by atoms with van der Waals surface area (Å²) in [4.78, 5) is 11.2. The topological polar surface area (TPSA) is 46.5 Å². The van der Waals surface area contributed by atoms with E-state index in [1.54, 1.807) is 18.4 Å². The Hall–Kier alpha value is -1.15. The highest BCUT2D eigenvalue weighted by Crippen LogP contribution is 2.23. The summed E-state index contributed by atoms with van der Waals surface area (Å²) in [7, 11) is 1.72. The van der Waals surface area contributed by atoms with E-state index in [1.165, 1.54) is 30.2 Å². The Morgan fingerprint density at radius 1 is 1.25 bits per heavy atom. The number of aliphatic hydroxyl groups is 1. The van der Waals surface area contributed by atoms with Crippen LogP contribution in [0.25, 0.3) is 0 Å². The molecule has 0 amide bonds. The van der Waals surface area contributed by atoms with Crippen molar-refractivity contribution < 1.29 is 14.6 Å². The first kappa shape index (κ1) is 29.1. The van der Waals surface area contributed by atoms with Crippen molar-refractivity contribution in [2.24, 2.45) is 11.3 Å². The molecular formula is C24H42O3S. The van der Waals surface area contributed by atoms with Gasteiger partial charge in [0.1, 0.15) is 6.29 Å². The normalized spacial score (nSPS) is 17.9. The van der Waals surface area contributed by atoms with E-state index < -0.39 is 0 Å². The lowest BCUT2D eigenvalue weighted by Crippen LogP contribution is -2.15. The molecule has 0 bridgehead atoms. The second-order valence-electron chi connectivity index (χ2n) is 7.80. The van der Waals surface area contributed by atoms with Gasteiger partial charge in [0.25, 0.3) is 0 Å². The number of ether oxygens (including phenoxy) is 1. The molecule has 1 N–H and O–H groups in total. The van der Waals surface area contributed by atoms with Gasteiger partial charge in [0.15, 0.2) is 0 Å². The van der Waals surface area contributed by atoms with Crippen LogP contribution in [0.15, 0.2) is 6.07 Å². The molecule has 4 heteroatoms. The summed E-state index contributed by atoms with van der Waals surface area (Å²) in [6.07, 6.45) is 5.27. The number of rotatable bonds is 2. The number of aliphatic hydroxyl groups excluding tert-OH is 1. The lowest BCUT2D eigenvalue weighted by molar-refractivity contribution is -0.106. The molecule has 162 valence electrons. The van der Waals surface area contributed by atoms with E-state index in [1.807, 2.05) is 13.8 Å². The van der Waals surface area contributed by atoms with E-state index in [0.29, 0.717) is 6.61 Å². The molecule has 1 aliphatic rings. The molecule has 2 rings (SSSR count). The number of carbonyl (C=O) groups excluding carboxylic acids is 1. The number of carbonyl (C=O) groups is 1. The van der Waals surface area contributed by atoms with Crippen LogP contribution in [0.2, 0.25) is 0 Å². The molecule has 1 aromatic rings. The van der Waals surface area contributed by atoms with Crippen molar-refractivity contribution in [1.29, 1.82) is 0 Å². The summed E-state index contributed by atoms with van der Waals surface area (Å²) < 4.78 is 5.13. The Kier molecular flexibility index (Phi) is 17.4. The highest BCUT2D eigenvalue weighted by molar-refractivity contribution is 7.12. The summed E-state index contributed by atoms with van der Waals surface area (Å²) in [5, 5.41) is 9.03. The third-order valence-corrected chi connectivity index (χ3v) is 4.97. The van der Waals surface area contributed by atoms with Gasteiger partial charge in [-0.2, -0.15) is 0 Å². The predicted molar refractivity (Wildman–Crippen MR) is 123 cm³/mol. The maximum Gasteiger partial charge on any atom is 0.116 e. The predicted octanol–water partition coefficient (Wildman–Crippen LogP) is 6.39. The van der Waals surface area contributed by atoms with Crippen LogP contribution in [0.4, 0.5) is 0 Å². The van der Waals surface area contributed by atoms with Crippen LogP contribution >= 0.6 is 11.3 Å². The van der Waals surface area contributed by atoms with Crippen molar-refractivity contribution in [2.45, 2.75) is 93.8 Å². The molecule has 1 heterocycles. The number of methoxy groups -OCH3 is 1. The first-order valence-electron chi connectivity index (χ1n) is 10.3. The zero-order chi connectivity index (χ0) is 22.2. The van der Waals surface area contributed by atoms with Crippen molar-refractivity contribution in [2.75, 3.05) is 7.11 Å². The number of thiophene rings is 1. The Labute approximate surface area is 177 Å². The van der Waals surface area contributed by atoms with Crippen molar-refractivity contribution >= 4 is 17.6 Å². The Balaban J connectivity index is 0. The molecule has 0 aromatic carbocycles. The van der Waals surface area contributed by atoms with Gasteiger partial charge in [-0.15, -0.1) is 11.3 Å². The molecule has 1 aliphatic carbocycles. The van der Waals surface area contributed by atoms with Gasteiger partial charge in [-0.25, -0.2) is 0 Å². The van der Waals surface area contributed by atoms with E-state index in [0.717, 1.165) is 29.9 Å². The minimum Gasteiger partial charge on any atom is -0.393 e. The standard InChI is InChI=1S/C13H18OS.C7H14O.C2H4O.C2H6/c1-10-8-11(6-7-13(2,3)4)15-12(10)9-14-5;1-6-2-4-7(8)5-3-6;1-2-3;1-2/h8H,9H2,1-5H3;6-8H,2-5H2,1H3;2H,1H3;1-2H3. The van der Waals surface area contributed by atoms with Crippen molar-refractivity contribution in [1.82, 2.24) is 0 Å². The number of aryl methyl sites for hydroxylation is 1. The highest BCUT2D eigenvalue weighted by Gasteiger charge is 2.14. The maximum absolute atomic E-state index is 9.03. The summed E-state index contributed by atoms with van der Waals surface area (Å²) in [5.41, 5.74) is 1.35. The van der Waals surface area contributed by atoms with E-state index in [9.17, 15) is 0 Å². The third kappa shape index (κ3) is 15.9. The zero-order valence-electron chi connectivity index (χ0n) is 19.5. The van der Waals surface area contributed by atoms with Gasteiger partial charge in [0.05, 0.1) is 17.6 Å². The van der Waals surface area contributed by atoms with Gasteiger partial charge >= 0.3 is 0 Å². The van der Waals surface area contributed by atoms with Crippen molar-refractivity contribution in [3.8, 4) is 11.8 Å². The molecule has 0 spiro atoms. The fourth-order valence-corrected chi connectivity index (χ4v) is 3.35. The SMILES string of the molecule is CC.CC1CCC(O)CC1.CC=O.COCc1sc(C#CC(C)(C)C)cc1C. The van der Waals surface area contributed by atoms with Crippen molar-refractivity contribution in [3.05, 3.63) is 21.4 Å². The van der Waals surface area contributed by atoms with Gasteiger partial charge in [-0.3, -0.25) is 0 Å². The second kappa shape index (κ2) is 16.8. The van der Waals surface area contributed by atoms with Gasteiger partial charge in [0, 0.05) is 17.4 Å². The number of hydrogen-bond acceptors (Lipinski definition) is 4. The molecule has 0 aliphatic heterocycles. The average molecular weight is 411 g/mol. The summed E-state index contributed by atoms with van der Waals surface area (Å²) in [6.45, 7) is 16.9. The largest absolute Gasteiger partial charge is 0.393 e. The maximum atomic E-state index is 9.03. The second-order valence-corrected chi connectivity index (χ2v) is 8.94. The van der Waals surface area contributed by atoms with Gasteiger partial charge in [-0.05, 0) is 77.8 Å². The smallest absolute Gasteiger partial charge is 0.116 e.